The van der Waals surface area contributed by atoms with Crippen molar-refractivity contribution in [1.29, 1.82) is 0 Å². The summed E-state index contributed by atoms with van der Waals surface area (Å²) in [5, 5.41) is 0. The van der Waals surface area contributed by atoms with Gasteiger partial charge in [-0.15, -0.1) is 0 Å². The van der Waals surface area contributed by atoms with Crippen LogP contribution in [0.15, 0.2) is 0 Å². The third-order valence-electron chi connectivity index (χ3n) is 2.26. The highest BCUT2D eigenvalue weighted by Crippen LogP contribution is 2.13. The van der Waals surface area contributed by atoms with Gasteiger partial charge in [-0.2, -0.15) is 0 Å². The number of methoxy groups -OCH3 is 1. The van der Waals surface area contributed by atoms with Crippen molar-refractivity contribution < 1.29 is 9.47 Å². The van der Waals surface area contributed by atoms with Gasteiger partial charge in [-0.25, -0.2) is 0 Å². The Morgan fingerprint density at radius 3 is 2.29 bits per heavy atom. The van der Waals surface area contributed by atoms with Gasteiger partial charge >= 0.3 is 0 Å². The fourth-order valence-corrected chi connectivity index (χ4v) is 1.49. The highest BCUT2D eigenvalue weighted by Gasteiger charge is 2.17. The van der Waals surface area contributed by atoms with Crippen molar-refractivity contribution >= 4 is 0 Å². The summed E-state index contributed by atoms with van der Waals surface area (Å²) < 4.78 is 11.0. The quantitative estimate of drug-likeness (QED) is 0.561. The summed E-state index contributed by atoms with van der Waals surface area (Å²) in [6, 6.07) is 0. The van der Waals surface area contributed by atoms with Crippen LogP contribution in [0.3, 0.4) is 0 Å². The lowest BCUT2D eigenvalue weighted by atomic mass is 10.1. The minimum Gasteiger partial charge on any atom is -0.379 e. The summed E-state index contributed by atoms with van der Waals surface area (Å²) in [7, 11) is 1.73. The highest BCUT2D eigenvalue weighted by atomic mass is 16.5. The van der Waals surface area contributed by atoms with Crippen molar-refractivity contribution in [3.8, 4) is 0 Å². The van der Waals surface area contributed by atoms with Gasteiger partial charge in [-0.3, -0.25) is 0 Å². The Labute approximate surface area is 89.0 Å². The first kappa shape index (κ1) is 13.9. The molecule has 0 aromatic rings. The van der Waals surface area contributed by atoms with Crippen molar-refractivity contribution in [2.24, 2.45) is 0 Å². The van der Waals surface area contributed by atoms with E-state index >= 15 is 0 Å². The molecular formula is C12H25O2. The Kier molecular flexibility index (Phi) is 8.20. The molecule has 1 radical (unpaired) electrons. The molecule has 0 spiro atoms. The smallest absolute Gasteiger partial charge is 0.0840 e. The zero-order chi connectivity index (χ0) is 11.0. The molecule has 85 valence electrons. The Hall–Kier alpha value is -0.0800. The molecule has 14 heavy (non-hydrogen) atoms. The zero-order valence-electron chi connectivity index (χ0n) is 10.1. The van der Waals surface area contributed by atoms with Crippen molar-refractivity contribution in [3.63, 3.8) is 0 Å². The van der Waals surface area contributed by atoms with Gasteiger partial charge in [0.15, 0.2) is 0 Å². The first-order valence-electron chi connectivity index (χ1n) is 5.63. The van der Waals surface area contributed by atoms with E-state index in [1.807, 2.05) is 13.8 Å². The van der Waals surface area contributed by atoms with Gasteiger partial charge in [0.25, 0.3) is 0 Å². The van der Waals surface area contributed by atoms with E-state index < -0.39 is 0 Å². The second kappa shape index (κ2) is 8.25. The normalized spacial score (nSPS) is 15.9. The van der Waals surface area contributed by atoms with Gasteiger partial charge in [-0.1, -0.05) is 26.2 Å². The topological polar surface area (TPSA) is 18.5 Å². The van der Waals surface area contributed by atoms with Gasteiger partial charge in [0, 0.05) is 7.11 Å². The molecule has 2 nitrogen and oxygen atoms in total. The molecule has 0 N–H and O–H groups in total. The van der Waals surface area contributed by atoms with Crippen LogP contribution in [0.2, 0.25) is 0 Å². The minimum atomic E-state index is -0.0446. The van der Waals surface area contributed by atoms with E-state index in [-0.39, 0.29) is 18.3 Å². The zero-order valence-corrected chi connectivity index (χ0v) is 10.1. The molecule has 0 saturated carbocycles. The van der Waals surface area contributed by atoms with Crippen molar-refractivity contribution in [2.45, 2.75) is 64.8 Å². The van der Waals surface area contributed by atoms with Crippen LogP contribution >= 0.6 is 0 Å². The van der Waals surface area contributed by atoms with Gasteiger partial charge in [0.1, 0.15) is 0 Å². The molecule has 0 aromatic heterocycles. The minimum absolute atomic E-state index is 0.0446. The Balaban J connectivity index is 3.74. The summed E-state index contributed by atoms with van der Waals surface area (Å²) in [4.78, 5) is 0. The van der Waals surface area contributed by atoms with E-state index in [0.717, 1.165) is 6.42 Å². The third-order valence-corrected chi connectivity index (χ3v) is 2.26. The number of rotatable bonds is 8. The van der Waals surface area contributed by atoms with E-state index in [1.54, 1.807) is 7.11 Å². The summed E-state index contributed by atoms with van der Waals surface area (Å²) in [5.41, 5.74) is 0. The van der Waals surface area contributed by atoms with Crippen LogP contribution in [-0.2, 0) is 9.47 Å². The second-order valence-electron chi connectivity index (χ2n) is 3.99. The van der Waals surface area contributed by atoms with Gasteiger partial charge in [-0.05, 0) is 27.2 Å². The van der Waals surface area contributed by atoms with Crippen LogP contribution in [0.1, 0.15) is 46.5 Å². The first-order chi connectivity index (χ1) is 6.61. The molecule has 0 fully saturated rings. The largest absolute Gasteiger partial charge is 0.379 e. The lowest BCUT2D eigenvalue weighted by Crippen LogP contribution is -2.30. The molecule has 0 rings (SSSR count). The summed E-state index contributed by atoms with van der Waals surface area (Å²) in [5.74, 6) is 0. The van der Waals surface area contributed by atoms with Crippen LogP contribution < -0.4 is 0 Å². The monoisotopic (exact) mass is 201 g/mol. The lowest BCUT2D eigenvalue weighted by Gasteiger charge is -2.24. The third kappa shape index (κ3) is 6.39. The molecule has 0 aromatic carbocycles. The SMILES string of the molecule is [CH2]C(OC(C)C)C(CCCCC)OC. The van der Waals surface area contributed by atoms with Crippen LogP contribution in [-0.4, -0.2) is 25.4 Å². The maximum atomic E-state index is 5.60. The fourth-order valence-electron chi connectivity index (χ4n) is 1.49. The van der Waals surface area contributed by atoms with E-state index in [2.05, 4.69) is 13.8 Å². The van der Waals surface area contributed by atoms with Crippen LogP contribution in [0.25, 0.3) is 0 Å². The lowest BCUT2D eigenvalue weighted by molar-refractivity contribution is -0.0609. The predicted molar refractivity (Wildman–Crippen MR) is 60.3 cm³/mol. The highest BCUT2D eigenvalue weighted by molar-refractivity contribution is 4.73. The van der Waals surface area contributed by atoms with E-state index in [1.165, 1.54) is 19.3 Å². The Bertz CT molecular complexity index is 123. The number of ether oxygens (including phenoxy) is 2. The fraction of sp³-hybridized carbons (Fsp3) is 0.917. The van der Waals surface area contributed by atoms with E-state index in [4.69, 9.17) is 9.47 Å². The average Bonchev–Trinajstić information content (AvgIpc) is 2.11. The van der Waals surface area contributed by atoms with Crippen LogP contribution in [0.4, 0.5) is 0 Å². The van der Waals surface area contributed by atoms with Crippen LogP contribution in [0, 0.1) is 6.92 Å². The molecule has 2 unspecified atom stereocenters. The summed E-state index contributed by atoms with van der Waals surface area (Å²) in [6.07, 6.45) is 5.06. The second-order valence-corrected chi connectivity index (χ2v) is 3.99. The van der Waals surface area contributed by atoms with Gasteiger partial charge in [0.2, 0.25) is 0 Å². The molecule has 2 atom stereocenters. The predicted octanol–water partition coefficient (Wildman–Crippen LogP) is 3.21. The first-order valence-corrected chi connectivity index (χ1v) is 5.63. The van der Waals surface area contributed by atoms with Crippen molar-refractivity contribution in [2.75, 3.05) is 7.11 Å². The van der Waals surface area contributed by atoms with Crippen LogP contribution in [0.5, 0.6) is 0 Å². The molecule has 0 bridgehead atoms. The van der Waals surface area contributed by atoms with Crippen molar-refractivity contribution in [1.82, 2.24) is 0 Å². The number of hydrogen-bond donors (Lipinski definition) is 0. The Morgan fingerprint density at radius 2 is 1.86 bits per heavy atom. The van der Waals surface area contributed by atoms with Crippen molar-refractivity contribution in [3.05, 3.63) is 6.92 Å². The van der Waals surface area contributed by atoms with Gasteiger partial charge < -0.3 is 9.47 Å². The maximum absolute atomic E-state index is 5.60. The molecule has 0 aliphatic heterocycles. The molecule has 2 heteroatoms. The molecule has 0 amide bonds. The number of unbranched alkanes of at least 4 members (excludes halogenated alkanes) is 2. The molecule has 0 aliphatic carbocycles. The summed E-state index contributed by atoms with van der Waals surface area (Å²) in [6.45, 7) is 10.2. The van der Waals surface area contributed by atoms with E-state index in [0.29, 0.717) is 0 Å². The summed E-state index contributed by atoms with van der Waals surface area (Å²) >= 11 is 0. The number of hydrogen-bond acceptors (Lipinski definition) is 2. The molecule has 0 saturated heterocycles. The molecule has 0 aliphatic rings. The Morgan fingerprint density at radius 1 is 1.21 bits per heavy atom. The average molecular weight is 201 g/mol. The molecule has 0 heterocycles. The molecular weight excluding hydrogens is 176 g/mol. The standard InChI is InChI=1S/C12H25O2/c1-6-7-8-9-12(13-5)11(4)14-10(2)3/h10-12H,4,6-9H2,1-3,5H3. The maximum Gasteiger partial charge on any atom is 0.0840 e. The van der Waals surface area contributed by atoms with Gasteiger partial charge in [0.05, 0.1) is 18.3 Å². The van der Waals surface area contributed by atoms with E-state index in [9.17, 15) is 0 Å².